The fourth-order valence-electron chi connectivity index (χ4n) is 1.86. The summed E-state index contributed by atoms with van der Waals surface area (Å²) < 4.78 is 0. The maximum atomic E-state index is 10.9. The van der Waals surface area contributed by atoms with Crippen molar-refractivity contribution in [2.24, 2.45) is 4.99 Å². The second-order valence-electron chi connectivity index (χ2n) is 4.31. The number of hydrogen-bond acceptors (Lipinski definition) is 1. The second-order valence-corrected chi connectivity index (χ2v) is 4.31. The van der Waals surface area contributed by atoms with Gasteiger partial charge in [0.25, 0.3) is 0 Å². The summed E-state index contributed by atoms with van der Waals surface area (Å²) in [5.41, 5.74) is 1.42. The Bertz CT molecular complexity index is 332. The van der Waals surface area contributed by atoms with Crippen molar-refractivity contribution in [1.29, 1.82) is 0 Å². The Balaban J connectivity index is 1.95. The second kappa shape index (κ2) is 8.68. The van der Waals surface area contributed by atoms with Gasteiger partial charge in [0.1, 0.15) is 0 Å². The van der Waals surface area contributed by atoms with E-state index in [9.17, 15) is 4.79 Å². The van der Waals surface area contributed by atoms with E-state index in [1.54, 1.807) is 0 Å². The number of carbonyl (C=O) groups is 1. The average molecular weight is 231 g/mol. The Hall–Kier alpha value is -1.44. The summed E-state index contributed by atoms with van der Waals surface area (Å²) in [6, 6.07) is 10.6. The number of aliphatic imine (C=N–C) groups is 1. The molecule has 0 bridgehead atoms. The fraction of sp³-hybridized carbons (Fsp3) is 0.467. The van der Waals surface area contributed by atoms with Crippen LogP contribution in [0.2, 0.25) is 0 Å². The summed E-state index contributed by atoms with van der Waals surface area (Å²) in [7, 11) is 0. The van der Waals surface area contributed by atoms with Crippen LogP contribution in [0, 0.1) is 0 Å². The first-order valence-corrected chi connectivity index (χ1v) is 6.36. The van der Waals surface area contributed by atoms with Crippen molar-refractivity contribution in [3.63, 3.8) is 0 Å². The number of unbranched alkanes of at least 4 members (excludes halogenated alkanes) is 4. The molecule has 92 valence electrons. The van der Waals surface area contributed by atoms with E-state index in [0.29, 0.717) is 6.42 Å². The van der Waals surface area contributed by atoms with Crippen LogP contribution in [0.4, 0.5) is 0 Å². The maximum absolute atomic E-state index is 10.9. The summed E-state index contributed by atoms with van der Waals surface area (Å²) in [4.78, 5) is 14.2. The van der Waals surface area contributed by atoms with Crippen LogP contribution < -0.4 is 0 Å². The van der Waals surface area contributed by atoms with E-state index in [1.165, 1.54) is 24.8 Å². The summed E-state index contributed by atoms with van der Waals surface area (Å²) in [5, 5.41) is 0. The number of benzene rings is 1. The summed E-state index contributed by atoms with van der Waals surface area (Å²) in [5.74, 6) is -0.0747. The topological polar surface area (TPSA) is 29.4 Å². The Morgan fingerprint density at radius 1 is 1.00 bits per heavy atom. The van der Waals surface area contributed by atoms with Crippen LogP contribution in [-0.4, -0.2) is 12.6 Å². The van der Waals surface area contributed by atoms with E-state index in [-0.39, 0.29) is 5.91 Å². The molecule has 0 aromatic heterocycles. The van der Waals surface area contributed by atoms with Crippen molar-refractivity contribution in [3.8, 4) is 0 Å². The maximum Gasteiger partial charge on any atom is 0.245 e. The van der Waals surface area contributed by atoms with Crippen molar-refractivity contribution in [1.82, 2.24) is 0 Å². The van der Waals surface area contributed by atoms with Gasteiger partial charge in [0.15, 0.2) is 0 Å². The number of rotatable bonds is 8. The van der Waals surface area contributed by atoms with Gasteiger partial charge < -0.3 is 0 Å². The molecular weight excluding hydrogens is 210 g/mol. The molecule has 0 radical (unpaired) electrons. The molecule has 0 aliphatic rings. The Morgan fingerprint density at radius 3 is 2.35 bits per heavy atom. The molecule has 0 aliphatic carbocycles. The minimum atomic E-state index is -0.0747. The van der Waals surface area contributed by atoms with Crippen molar-refractivity contribution >= 4 is 12.6 Å². The molecule has 1 rings (SSSR count). The normalized spacial score (nSPS) is 10.1. The lowest BCUT2D eigenvalue weighted by atomic mass is 10.0. The lowest BCUT2D eigenvalue weighted by Crippen LogP contribution is -1.91. The smallest absolute Gasteiger partial charge is 0.245 e. The largest absolute Gasteiger partial charge is 0.273 e. The van der Waals surface area contributed by atoms with E-state index >= 15 is 0 Å². The van der Waals surface area contributed by atoms with Gasteiger partial charge in [-0.2, -0.15) is 0 Å². The molecule has 2 heteroatoms. The molecule has 0 fully saturated rings. The van der Waals surface area contributed by atoms with Crippen LogP contribution >= 0.6 is 0 Å². The Morgan fingerprint density at radius 2 is 1.65 bits per heavy atom. The third-order valence-corrected chi connectivity index (χ3v) is 2.88. The molecule has 1 aromatic carbocycles. The predicted octanol–water partition coefficient (Wildman–Crippen LogP) is 3.80. The van der Waals surface area contributed by atoms with Crippen molar-refractivity contribution in [3.05, 3.63) is 35.9 Å². The number of amides is 1. The van der Waals surface area contributed by atoms with Gasteiger partial charge in [-0.25, -0.2) is 4.99 Å². The van der Waals surface area contributed by atoms with Crippen LogP contribution in [-0.2, 0) is 11.2 Å². The van der Waals surface area contributed by atoms with Gasteiger partial charge in [-0.05, 0) is 31.5 Å². The van der Waals surface area contributed by atoms with Gasteiger partial charge in [0, 0.05) is 6.42 Å². The molecule has 0 atom stereocenters. The Kier molecular flexibility index (Phi) is 6.96. The SMILES string of the molecule is C=NC(=O)CCCCCCCc1ccccc1. The van der Waals surface area contributed by atoms with Gasteiger partial charge in [-0.1, -0.05) is 49.6 Å². The molecule has 0 saturated carbocycles. The van der Waals surface area contributed by atoms with Crippen LogP contribution in [0.15, 0.2) is 35.3 Å². The lowest BCUT2D eigenvalue weighted by molar-refractivity contribution is -0.117. The van der Waals surface area contributed by atoms with Crippen LogP contribution in [0.3, 0.4) is 0 Å². The van der Waals surface area contributed by atoms with Gasteiger partial charge in [-0.3, -0.25) is 4.79 Å². The molecule has 0 spiro atoms. The predicted molar refractivity (Wildman–Crippen MR) is 72.4 cm³/mol. The van der Waals surface area contributed by atoms with E-state index in [4.69, 9.17) is 0 Å². The highest BCUT2D eigenvalue weighted by Gasteiger charge is 1.97. The number of nitrogens with zero attached hydrogens (tertiary/aromatic N) is 1. The molecule has 1 amide bonds. The first-order chi connectivity index (χ1) is 8.33. The molecule has 2 nitrogen and oxygen atoms in total. The highest BCUT2D eigenvalue weighted by Crippen LogP contribution is 2.09. The summed E-state index contributed by atoms with van der Waals surface area (Å²) in [6.07, 6.45) is 7.47. The van der Waals surface area contributed by atoms with Gasteiger partial charge in [0.05, 0.1) is 0 Å². The molecule has 1 aromatic rings. The summed E-state index contributed by atoms with van der Waals surface area (Å²) in [6.45, 7) is 3.22. The van der Waals surface area contributed by atoms with Crippen molar-refractivity contribution < 1.29 is 4.79 Å². The minimum Gasteiger partial charge on any atom is -0.273 e. The molecular formula is C15H21NO. The standard InChI is InChI=1S/C15H21NO/c1-16-15(17)13-9-4-2-3-6-10-14-11-7-5-8-12-14/h5,7-8,11-12H,1-4,6,9-10,13H2. The van der Waals surface area contributed by atoms with E-state index in [2.05, 4.69) is 36.0 Å². The van der Waals surface area contributed by atoms with Crippen LogP contribution in [0.1, 0.15) is 44.1 Å². The summed E-state index contributed by atoms with van der Waals surface area (Å²) >= 11 is 0. The van der Waals surface area contributed by atoms with Crippen LogP contribution in [0.5, 0.6) is 0 Å². The van der Waals surface area contributed by atoms with Crippen molar-refractivity contribution in [2.45, 2.75) is 44.9 Å². The molecule has 0 unspecified atom stereocenters. The molecule has 17 heavy (non-hydrogen) atoms. The van der Waals surface area contributed by atoms with E-state index in [0.717, 1.165) is 19.3 Å². The molecule has 0 N–H and O–H groups in total. The monoisotopic (exact) mass is 231 g/mol. The zero-order chi connectivity index (χ0) is 12.3. The van der Waals surface area contributed by atoms with Gasteiger partial charge in [0.2, 0.25) is 5.91 Å². The quantitative estimate of drug-likeness (QED) is 0.494. The van der Waals surface area contributed by atoms with E-state index in [1.807, 2.05) is 6.07 Å². The van der Waals surface area contributed by atoms with Gasteiger partial charge >= 0.3 is 0 Å². The number of carbonyl (C=O) groups excluding carboxylic acids is 1. The fourth-order valence-corrected chi connectivity index (χ4v) is 1.86. The zero-order valence-electron chi connectivity index (χ0n) is 10.4. The number of hydrogen-bond donors (Lipinski definition) is 0. The van der Waals surface area contributed by atoms with Crippen LogP contribution in [0.25, 0.3) is 0 Å². The number of aryl methyl sites for hydroxylation is 1. The molecule has 0 saturated heterocycles. The van der Waals surface area contributed by atoms with Crippen molar-refractivity contribution in [2.75, 3.05) is 0 Å². The zero-order valence-corrected chi connectivity index (χ0v) is 10.4. The third kappa shape index (κ3) is 6.67. The average Bonchev–Trinajstić information content (AvgIpc) is 2.38. The first kappa shape index (κ1) is 13.6. The highest BCUT2D eigenvalue weighted by molar-refractivity contribution is 5.80. The molecule has 0 heterocycles. The minimum absolute atomic E-state index is 0.0747. The highest BCUT2D eigenvalue weighted by atomic mass is 16.1. The first-order valence-electron chi connectivity index (χ1n) is 6.36. The third-order valence-electron chi connectivity index (χ3n) is 2.88. The Labute approximate surface area is 104 Å². The van der Waals surface area contributed by atoms with E-state index < -0.39 is 0 Å². The van der Waals surface area contributed by atoms with Gasteiger partial charge in [-0.15, -0.1) is 0 Å². The molecule has 0 aliphatic heterocycles. The lowest BCUT2D eigenvalue weighted by Gasteiger charge is -2.01.